The van der Waals surface area contributed by atoms with Crippen molar-refractivity contribution in [1.29, 1.82) is 0 Å². The Morgan fingerprint density at radius 1 is 0.818 bits per heavy atom. The first-order valence-corrected chi connectivity index (χ1v) is 11.7. The lowest BCUT2D eigenvalue weighted by atomic mass is 10.1. The molecule has 0 fully saturated rings. The van der Waals surface area contributed by atoms with Crippen LogP contribution in [-0.2, 0) is 16.3 Å². The summed E-state index contributed by atoms with van der Waals surface area (Å²) in [6.07, 6.45) is 4.78. The number of sulfone groups is 1. The van der Waals surface area contributed by atoms with E-state index in [1.54, 1.807) is 30.3 Å². The van der Waals surface area contributed by atoms with E-state index in [4.69, 9.17) is 0 Å². The van der Waals surface area contributed by atoms with E-state index in [-0.39, 0.29) is 20.5 Å². The van der Waals surface area contributed by atoms with Crippen molar-refractivity contribution in [2.75, 3.05) is 0 Å². The molecule has 0 bridgehead atoms. The fourth-order valence-corrected chi connectivity index (χ4v) is 4.41. The summed E-state index contributed by atoms with van der Waals surface area (Å²) in [6.45, 7) is 1.88. The summed E-state index contributed by atoms with van der Waals surface area (Å²) in [5, 5.41) is 0.201. The third-order valence-corrected chi connectivity index (χ3v) is 6.82. The second-order valence-electron chi connectivity index (χ2n) is 7.51. The molecule has 33 heavy (non-hydrogen) atoms. The summed E-state index contributed by atoms with van der Waals surface area (Å²) in [4.78, 5) is 34.3. The maximum atomic E-state index is 12.8. The summed E-state index contributed by atoms with van der Waals surface area (Å²) < 4.78 is 25.5. The monoisotopic (exact) mass is 459 g/mol. The normalized spacial score (nSPS) is 12.8. The van der Waals surface area contributed by atoms with E-state index in [2.05, 4.69) is 15.0 Å². The van der Waals surface area contributed by atoms with E-state index in [1.165, 1.54) is 24.4 Å². The smallest absolute Gasteiger partial charge is 0.272 e. The molecule has 7 nitrogen and oxygen atoms in total. The SMILES string of the molecule is Cc1ccc(S(=O)(=O)c2ccc(C=c3[nH]c(=O)c(=CCc4ccccc4)[nH]c3=O)nc2)cc1. The average Bonchev–Trinajstić information content (AvgIpc) is 2.81. The number of nitrogens with one attached hydrogen (secondary N) is 2. The molecule has 4 aromatic rings. The number of aryl methyl sites for hydroxylation is 1. The summed E-state index contributed by atoms with van der Waals surface area (Å²) in [7, 11) is -3.70. The van der Waals surface area contributed by atoms with Crippen LogP contribution in [0.15, 0.2) is 92.3 Å². The van der Waals surface area contributed by atoms with Gasteiger partial charge in [-0.3, -0.25) is 14.6 Å². The zero-order chi connectivity index (χ0) is 23.4. The van der Waals surface area contributed by atoms with Gasteiger partial charge in [-0.05, 0) is 49.2 Å². The molecule has 166 valence electrons. The number of H-pyrrole nitrogens is 2. The highest BCUT2D eigenvalue weighted by molar-refractivity contribution is 7.91. The van der Waals surface area contributed by atoms with Gasteiger partial charge >= 0.3 is 0 Å². The lowest BCUT2D eigenvalue weighted by molar-refractivity contribution is 0.595. The topological polar surface area (TPSA) is 113 Å². The molecule has 8 heteroatoms. The van der Waals surface area contributed by atoms with Crippen molar-refractivity contribution in [3.05, 3.63) is 121 Å². The maximum Gasteiger partial charge on any atom is 0.272 e. The second kappa shape index (κ2) is 9.22. The van der Waals surface area contributed by atoms with Gasteiger partial charge in [0.15, 0.2) is 0 Å². The predicted molar refractivity (Wildman–Crippen MR) is 126 cm³/mol. The minimum absolute atomic E-state index is 0.0264. The van der Waals surface area contributed by atoms with Crippen LogP contribution in [0.4, 0.5) is 0 Å². The van der Waals surface area contributed by atoms with E-state index in [9.17, 15) is 18.0 Å². The van der Waals surface area contributed by atoms with Crippen LogP contribution in [0, 0.1) is 6.92 Å². The number of nitrogens with zero attached hydrogens (tertiary/aromatic N) is 1. The fourth-order valence-electron chi connectivity index (χ4n) is 3.21. The van der Waals surface area contributed by atoms with Crippen LogP contribution in [0.1, 0.15) is 16.8 Å². The van der Waals surface area contributed by atoms with Crippen molar-refractivity contribution in [2.45, 2.75) is 23.1 Å². The van der Waals surface area contributed by atoms with Crippen molar-refractivity contribution in [1.82, 2.24) is 15.0 Å². The van der Waals surface area contributed by atoms with Crippen molar-refractivity contribution < 1.29 is 8.42 Å². The zero-order valence-corrected chi connectivity index (χ0v) is 18.6. The van der Waals surface area contributed by atoms with Crippen molar-refractivity contribution >= 4 is 22.0 Å². The Bertz CT molecular complexity index is 1620. The third-order valence-electron chi connectivity index (χ3n) is 5.06. The van der Waals surface area contributed by atoms with Gasteiger partial charge in [0.1, 0.15) is 10.7 Å². The van der Waals surface area contributed by atoms with Gasteiger partial charge in [0.05, 0.1) is 15.5 Å². The Labute approximate surface area is 189 Å². The van der Waals surface area contributed by atoms with Crippen molar-refractivity contribution in [2.24, 2.45) is 0 Å². The second-order valence-corrected chi connectivity index (χ2v) is 9.46. The highest BCUT2D eigenvalue weighted by Crippen LogP contribution is 2.20. The van der Waals surface area contributed by atoms with Crippen LogP contribution in [0.3, 0.4) is 0 Å². The van der Waals surface area contributed by atoms with E-state index in [1.807, 2.05) is 37.3 Å². The van der Waals surface area contributed by atoms with Crippen LogP contribution in [0.25, 0.3) is 12.2 Å². The van der Waals surface area contributed by atoms with Crippen LogP contribution >= 0.6 is 0 Å². The molecule has 0 amide bonds. The molecule has 0 spiro atoms. The number of benzene rings is 2. The van der Waals surface area contributed by atoms with Gasteiger partial charge in [-0.1, -0.05) is 54.1 Å². The maximum absolute atomic E-state index is 12.8. The molecule has 2 heterocycles. The van der Waals surface area contributed by atoms with E-state index in [0.717, 1.165) is 11.1 Å². The minimum Gasteiger partial charge on any atom is -0.316 e. The Hall–Kier alpha value is -4.04. The average molecular weight is 460 g/mol. The first-order chi connectivity index (χ1) is 15.8. The third kappa shape index (κ3) is 5.07. The fraction of sp³-hybridized carbons (Fsp3) is 0.0800. The first-order valence-electron chi connectivity index (χ1n) is 10.2. The number of rotatable bonds is 5. The molecule has 4 rings (SSSR count). The van der Waals surface area contributed by atoms with Crippen LogP contribution in [0.2, 0.25) is 0 Å². The molecular weight excluding hydrogens is 438 g/mol. The van der Waals surface area contributed by atoms with Crippen molar-refractivity contribution in [3.8, 4) is 0 Å². The molecule has 0 saturated heterocycles. The van der Waals surface area contributed by atoms with E-state index in [0.29, 0.717) is 12.1 Å². The van der Waals surface area contributed by atoms with Crippen LogP contribution in [-0.4, -0.2) is 23.4 Å². The predicted octanol–water partition coefficient (Wildman–Crippen LogP) is 1.45. The van der Waals surface area contributed by atoms with Gasteiger partial charge < -0.3 is 9.97 Å². The first kappa shape index (κ1) is 22.2. The van der Waals surface area contributed by atoms with E-state index < -0.39 is 21.0 Å². The Kier molecular flexibility index (Phi) is 6.19. The molecule has 0 aliphatic carbocycles. The Morgan fingerprint density at radius 2 is 1.45 bits per heavy atom. The molecule has 0 saturated carbocycles. The lowest BCUT2D eigenvalue weighted by Crippen LogP contribution is -2.46. The molecule has 0 aliphatic heterocycles. The number of hydrogen-bond donors (Lipinski definition) is 2. The number of aromatic nitrogens is 3. The summed E-state index contributed by atoms with van der Waals surface area (Å²) in [6, 6.07) is 19.0. The Morgan fingerprint density at radius 3 is 2.12 bits per heavy atom. The van der Waals surface area contributed by atoms with Gasteiger partial charge in [0.2, 0.25) is 9.84 Å². The zero-order valence-electron chi connectivity index (χ0n) is 17.8. The highest BCUT2D eigenvalue weighted by Gasteiger charge is 2.17. The summed E-state index contributed by atoms with van der Waals surface area (Å²) in [5.41, 5.74) is 1.39. The molecular formula is C25H21N3O4S. The molecule has 2 N–H and O–H groups in total. The van der Waals surface area contributed by atoms with Gasteiger partial charge in [-0.25, -0.2) is 8.42 Å². The van der Waals surface area contributed by atoms with Crippen LogP contribution < -0.4 is 21.8 Å². The quantitative estimate of drug-likeness (QED) is 0.469. The molecule has 0 radical (unpaired) electrons. The summed E-state index contributed by atoms with van der Waals surface area (Å²) >= 11 is 0. The molecule has 0 atom stereocenters. The minimum atomic E-state index is -3.70. The number of hydrogen-bond acceptors (Lipinski definition) is 5. The number of aromatic amines is 2. The molecule has 2 aromatic heterocycles. The van der Waals surface area contributed by atoms with Gasteiger partial charge in [0.25, 0.3) is 11.1 Å². The molecule has 2 aromatic carbocycles. The standard InChI is InChI=1S/C25H21N3O4S/c1-17-7-11-20(12-8-17)33(31,32)21-13-10-19(26-16-21)15-23-25(30)27-22(24(29)28-23)14-9-18-5-3-2-4-6-18/h2-8,10-16H,9H2,1H3,(H,27,30)(H,28,29). The van der Waals surface area contributed by atoms with Gasteiger partial charge in [-0.2, -0.15) is 0 Å². The molecule has 0 aliphatic rings. The van der Waals surface area contributed by atoms with Crippen molar-refractivity contribution in [3.63, 3.8) is 0 Å². The Balaban J connectivity index is 1.63. The van der Waals surface area contributed by atoms with Crippen LogP contribution in [0.5, 0.6) is 0 Å². The van der Waals surface area contributed by atoms with Gasteiger partial charge in [0, 0.05) is 6.20 Å². The largest absolute Gasteiger partial charge is 0.316 e. The van der Waals surface area contributed by atoms with Gasteiger partial charge in [-0.15, -0.1) is 0 Å². The van der Waals surface area contributed by atoms with E-state index >= 15 is 0 Å². The highest BCUT2D eigenvalue weighted by atomic mass is 32.2. The lowest BCUT2D eigenvalue weighted by Gasteiger charge is -2.05. The number of pyridine rings is 1. The molecule has 0 unspecified atom stereocenters. The summed E-state index contributed by atoms with van der Waals surface area (Å²) in [5.74, 6) is 0.